The van der Waals surface area contributed by atoms with Crippen molar-refractivity contribution < 1.29 is 23.9 Å². The summed E-state index contributed by atoms with van der Waals surface area (Å²) in [7, 11) is 0. The minimum Gasteiger partial charge on any atom is -0.482 e. The molecule has 0 spiro atoms. The number of benzene rings is 2. The van der Waals surface area contributed by atoms with Crippen molar-refractivity contribution in [1.82, 2.24) is 0 Å². The first-order valence-electron chi connectivity index (χ1n) is 8.11. The van der Waals surface area contributed by atoms with Crippen molar-refractivity contribution in [1.29, 1.82) is 0 Å². The number of Topliss-reactive ketones (excluding diaryl/α,β-unsaturated/α-hetero) is 1. The molecule has 0 aromatic heterocycles. The molecule has 6 nitrogen and oxygen atoms in total. The van der Waals surface area contributed by atoms with E-state index in [1.165, 1.54) is 6.92 Å². The van der Waals surface area contributed by atoms with Gasteiger partial charge in [-0.05, 0) is 56.2 Å². The van der Waals surface area contributed by atoms with Gasteiger partial charge in [0.15, 0.2) is 19.0 Å². The molecule has 2 aromatic carbocycles. The summed E-state index contributed by atoms with van der Waals surface area (Å²) in [5.41, 5.74) is 3.32. The molecule has 6 heteroatoms. The standard InChI is InChI=1S/C20H21NO5/c1-13-7-8-17(9-14(13)2)21-19(23)11-26-20(24)12-25-18-6-4-5-16(10-18)15(3)22/h4-10H,11-12H2,1-3H3,(H,21,23). The Morgan fingerprint density at radius 1 is 0.962 bits per heavy atom. The molecule has 0 fully saturated rings. The van der Waals surface area contributed by atoms with E-state index in [4.69, 9.17) is 9.47 Å². The van der Waals surface area contributed by atoms with Crippen LogP contribution in [0.1, 0.15) is 28.4 Å². The Balaban J connectivity index is 1.77. The number of aryl methyl sites for hydroxylation is 2. The molecule has 1 amide bonds. The summed E-state index contributed by atoms with van der Waals surface area (Å²) in [6.45, 7) is 4.63. The second kappa shape index (κ2) is 8.80. The molecular weight excluding hydrogens is 334 g/mol. The van der Waals surface area contributed by atoms with Gasteiger partial charge in [-0.1, -0.05) is 18.2 Å². The van der Waals surface area contributed by atoms with Crippen LogP contribution in [0.15, 0.2) is 42.5 Å². The number of carbonyl (C=O) groups excluding carboxylic acids is 3. The van der Waals surface area contributed by atoms with Crippen LogP contribution in [0, 0.1) is 13.8 Å². The molecule has 0 radical (unpaired) electrons. The van der Waals surface area contributed by atoms with E-state index in [-0.39, 0.29) is 12.4 Å². The van der Waals surface area contributed by atoms with Crippen molar-refractivity contribution in [2.75, 3.05) is 18.5 Å². The van der Waals surface area contributed by atoms with E-state index in [2.05, 4.69) is 5.32 Å². The predicted octanol–water partition coefficient (Wildman–Crippen LogP) is 3.07. The third-order valence-electron chi connectivity index (χ3n) is 3.75. The van der Waals surface area contributed by atoms with Crippen molar-refractivity contribution in [3.8, 4) is 5.75 Å². The van der Waals surface area contributed by atoms with Crippen molar-refractivity contribution in [2.24, 2.45) is 0 Å². The molecule has 0 aliphatic rings. The van der Waals surface area contributed by atoms with Crippen molar-refractivity contribution in [2.45, 2.75) is 20.8 Å². The van der Waals surface area contributed by atoms with Gasteiger partial charge in [-0.3, -0.25) is 9.59 Å². The maximum Gasteiger partial charge on any atom is 0.344 e. The molecule has 2 aromatic rings. The van der Waals surface area contributed by atoms with Gasteiger partial charge in [-0.2, -0.15) is 0 Å². The number of nitrogens with one attached hydrogen (secondary N) is 1. The molecule has 136 valence electrons. The fourth-order valence-corrected chi connectivity index (χ4v) is 2.15. The first-order chi connectivity index (χ1) is 12.3. The third kappa shape index (κ3) is 5.73. The minimum absolute atomic E-state index is 0.0963. The van der Waals surface area contributed by atoms with Gasteiger partial charge in [0.25, 0.3) is 5.91 Å². The number of ether oxygens (including phenoxy) is 2. The molecule has 1 N–H and O–H groups in total. The Kier molecular flexibility index (Phi) is 6.49. The van der Waals surface area contributed by atoms with E-state index < -0.39 is 18.5 Å². The lowest BCUT2D eigenvalue weighted by molar-refractivity contribution is -0.149. The van der Waals surface area contributed by atoms with Gasteiger partial charge < -0.3 is 14.8 Å². The number of carbonyl (C=O) groups is 3. The second-order valence-corrected chi connectivity index (χ2v) is 5.88. The fraction of sp³-hybridized carbons (Fsp3) is 0.250. The zero-order chi connectivity index (χ0) is 19.1. The molecule has 0 heterocycles. The van der Waals surface area contributed by atoms with Crippen LogP contribution in [0.2, 0.25) is 0 Å². The molecule has 0 atom stereocenters. The van der Waals surface area contributed by atoms with Crippen molar-refractivity contribution in [3.05, 3.63) is 59.2 Å². The maximum atomic E-state index is 11.8. The van der Waals surface area contributed by atoms with E-state index in [1.54, 1.807) is 30.3 Å². The monoisotopic (exact) mass is 355 g/mol. The molecule has 2 rings (SSSR count). The summed E-state index contributed by atoms with van der Waals surface area (Å²) in [6, 6.07) is 12.0. The zero-order valence-electron chi connectivity index (χ0n) is 15.0. The molecule has 0 saturated heterocycles. The van der Waals surface area contributed by atoms with E-state index in [1.807, 2.05) is 26.0 Å². The molecule has 0 aliphatic heterocycles. The lowest BCUT2D eigenvalue weighted by Gasteiger charge is -2.09. The number of anilines is 1. The Labute approximate surface area is 152 Å². The SMILES string of the molecule is CC(=O)c1cccc(OCC(=O)OCC(=O)Nc2ccc(C)c(C)c2)c1. The second-order valence-electron chi connectivity index (χ2n) is 5.88. The first-order valence-corrected chi connectivity index (χ1v) is 8.11. The average Bonchev–Trinajstić information content (AvgIpc) is 2.61. The van der Waals surface area contributed by atoms with Gasteiger partial charge in [0.2, 0.25) is 0 Å². The Bertz CT molecular complexity index is 829. The van der Waals surface area contributed by atoms with Gasteiger partial charge in [0.1, 0.15) is 5.75 Å². The highest BCUT2D eigenvalue weighted by Gasteiger charge is 2.10. The van der Waals surface area contributed by atoms with Crippen LogP contribution in [0.5, 0.6) is 5.75 Å². The van der Waals surface area contributed by atoms with Crippen LogP contribution >= 0.6 is 0 Å². The van der Waals surface area contributed by atoms with Gasteiger partial charge in [0.05, 0.1) is 0 Å². The molecule has 0 unspecified atom stereocenters. The van der Waals surface area contributed by atoms with Crippen LogP contribution in [-0.4, -0.2) is 30.9 Å². The molecule has 0 aliphatic carbocycles. The Morgan fingerprint density at radius 3 is 2.42 bits per heavy atom. The zero-order valence-corrected chi connectivity index (χ0v) is 15.0. The van der Waals surface area contributed by atoms with Gasteiger partial charge in [-0.25, -0.2) is 4.79 Å². The number of hydrogen-bond acceptors (Lipinski definition) is 5. The minimum atomic E-state index is -0.673. The summed E-state index contributed by atoms with van der Waals surface area (Å²) in [4.78, 5) is 34.8. The van der Waals surface area contributed by atoms with Crippen LogP contribution in [-0.2, 0) is 14.3 Å². The highest BCUT2D eigenvalue weighted by atomic mass is 16.6. The topological polar surface area (TPSA) is 81.7 Å². The molecule has 26 heavy (non-hydrogen) atoms. The molecule has 0 saturated carbocycles. The maximum absolute atomic E-state index is 11.8. The number of rotatable bonds is 7. The normalized spacial score (nSPS) is 10.1. The number of amides is 1. The summed E-state index contributed by atoms with van der Waals surface area (Å²) >= 11 is 0. The summed E-state index contributed by atoms with van der Waals surface area (Å²) < 4.78 is 10.2. The number of hydrogen-bond donors (Lipinski definition) is 1. The van der Waals surface area contributed by atoms with Crippen molar-refractivity contribution in [3.63, 3.8) is 0 Å². The Hall–Kier alpha value is -3.15. The van der Waals surface area contributed by atoms with Crippen molar-refractivity contribution >= 4 is 23.3 Å². The number of esters is 1. The van der Waals surface area contributed by atoms with E-state index in [0.717, 1.165) is 11.1 Å². The van der Waals surface area contributed by atoms with Crippen LogP contribution < -0.4 is 10.1 Å². The van der Waals surface area contributed by atoms with E-state index in [9.17, 15) is 14.4 Å². The highest BCUT2D eigenvalue weighted by Crippen LogP contribution is 2.15. The summed E-state index contributed by atoms with van der Waals surface area (Å²) in [5.74, 6) is -0.816. The summed E-state index contributed by atoms with van der Waals surface area (Å²) in [5, 5.41) is 2.66. The lowest BCUT2D eigenvalue weighted by Crippen LogP contribution is -2.23. The quantitative estimate of drug-likeness (QED) is 0.610. The first kappa shape index (κ1) is 19.2. The van der Waals surface area contributed by atoms with Gasteiger partial charge >= 0.3 is 5.97 Å². The smallest absolute Gasteiger partial charge is 0.344 e. The Morgan fingerprint density at radius 2 is 1.73 bits per heavy atom. The largest absolute Gasteiger partial charge is 0.482 e. The number of ketones is 1. The summed E-state index contributed by atoms with van der Waals surface area (Å²) in [6.07, 6.45) is 0. The van der Waals surface area contributed by atoms with Crippen LogP contribution in [0.25, 0.3) is 0 Å². The van der Waals surface area contributed by atoms with E-state index >= 15 is 0 Å². The fourth-order valence-electron chi connectivity index (χ4n) is 2.15. The van der Waals surface area contributed by atoms with Crippen LogP contribution in [0.3, 0.4) is 0 Å². The van der Waals surface area contributed by atoms with E-state index in [0.29, 0.717) is 17.0 Å². The van der Waals surface area contributed by atoms with Gasteiger partial charge in [-0.15, -0.1) is 0 Å². The van der Waals surface area contributed by atoms with Crippen LogP contribution in [0.4, 0.5) is 5.69 Å². The highest BCUT2D eigenvalue weighted by molar-refractivity contribution is 5.94. The predicted molar refractivity (Wildman–Crippen MR) is 97.4 cm³/mol. The average molecular weight is 355 g/mol. The molecular formula is C20H21NO5. The third-order valence-corrected chi connectivity index (χ3v) is 3.75. The van der Waals surface area contributed by atoms with Gasteiger partial charge in [0, 0.05) is 11.3 Å². The molecule has 0 bridgehead atoms. The lowest BCUT2D eigenvalue weighted by atomic mass is 10.1.